The van der Waals surface area contributed by atoms with E-state index in [0.29, 0.717) is 41.1 Å². The number of pyridine rings is 1. The van der Waals surface area contributed by atoms with E-state index in [2.05, 4.69) is 14.5 Å². The number of aromatic nitrogens is 3. The van der Waals surface area contributed by atoms with Crippen molar-refractivity contribution < 1.29 is 17.9 Å². The van der Waals surface area contributed by atoms with Crippen molar-refractivity contribution in [3.05, 3.63) is 29.8 Å². The Morgan fingerprint density at radius 2 is 2.03 bits per heavy atom. The van der Waals surface area contributed by atoms with Crippen LogP contribution < -0.4 is 5.73 Å². The van der Waals surface area contributed by atoms with Gasteiger partial charge in [0, 0.05) is 48.3 Å². The lowest BCUT2D eigenvalue weighted by molar-refractivity contribution is -0.137. The predicted octanol–water partition coefficient (Wildman–Crippen LogP) is 2.85. The van der Waals surface area contributed by atoms with Crippen LogP contribution in [0.4, 0.5) is 19.0 Å². The van der Waals surface area contributed by atoms with Crippen LogP contribution in [0.5, 0.6) is 0 Å². The summed E-state index contributed by atoms with van der Waals surface area (Å²) in [4.78, 5) is 11.3. The maximum Gasteiger partial charge on any atom is 0.419 e. The second kappa shape index (κ2) is 5.37. The summed E-state index contributed by atoms with van der Waals surface area (Å²) in [7, 11) is 0. The van der Waals surface area contributed by atoms with Crippen molar-refractivity contribution in [3.8, 4) is 11.3 Å². The van der Waals surface area contributed by atoms with Crippen LogP contribution in [0.1, 0.15) is 36.6 Å². The summed E-state index contributed by atoms with van der Waals surface area (Å²) in [6.45, 7) is 2.73. The third-order valence-electron chi connectivity index (χ3n) is 8.15. The molecule has 6 fully saturated rings. The molecule has 3 aliphatic heterocycles. The molecule has 0 amide bonds. The molecule has 2 bridgehead atoms. The van der Waals surface area contributed by atoms with Gasteiger partial charge in [-0.3, -0.25) is 4.90 Å². The van der Waals surface area contributed by atoms with Gasteiger partial charge in [-0.25, -0.2) is 9.97 Å². The molecule has 158 valence electrons. The molecule has 6 aliphatic rings. The number of rotatable bonds is 4. The molecule has 9 heteroatoms. The molecule has 2 aromatic heterocycles. The van der Waals surface area contributed by atoms with Gasteiger partial charge in [-0.05, 0) is 18.9 Å². The molecule has 0 radical (unpaired) electrons. The van der Waals surface area contributed by atoms with E-state index in [1.807, 2.05) is 6.20 Å². The minimum atomic E-state index is -4.53. The van der Waals surface area contributed by atoms with Crippen molar-refractivity contribution in [2.45, 2.75) is 49.0 Å². The zero-order valence-corrected chi connectivity index (χ0v) is 16.3. The number of hydrogen-bond donors (Lipinski definition) is 1. The summed E-state index contributed by atoms with van der Waals surface area (Å²) >= 11 is 0. The number of fused-ring (bicyclic) bond motifs is 1. The topological polar surface area (TPSA) is 69.2 Å². The largest absolute Gasteiger partial charge is 0.419 e. The lowest BCUT2D eigenvalue weighted by atomic mass is 9.84. The van der Waals surface area contributed by atoms with Crippen LogP contribution >= 0.6 is 0 Å². The first-order valence-electron chi connectivity index (χ1n) is 10.7. The standard InChI is InChI=1S/C21H22F3N5O/c22-21(23,24)13-4-11(5-26-18(13)25)15-7-29(19(27-15)10-2-1-3-10)20-14-6-28(12-8-30-9-12)17(20)16(14)20/h4-5,7,10,12,14,16-17H,1-3,6,8-9H2,(H2,25,26)/t14-,16-,17?,20-/m0/s1. The van der Waals surface area contributed by atoms with E-state index in [9.17, 15) is 13.2 Å². The van der Waals surface area contributed by atoms with Crippen LogP contribution in [-0.2, 0) is 16.5 Å². The summed E-state index contributed by atoms with van der Waals surface area (Å²) < 4.78 is 47.7. The van der Waals surface area contributed by atoms with Crippen molar-refractivity contribution in [2.24, 2.45) is 11.8 Å². The molecule has 30 heavy (non-hydrogen) atoms. The molecule has 8 rings (SSSR count). The number of anilines is 1. The number of ether oxygens (including phenoxy) is 1. The second-order valence-electron chi connectivity index (χ2n) is 9.49. The fraction of sp³-hybridized carbons (Fsp3) is 0.619. The minimum Gasteiger partial charge on any atom is -0.383 e. The Kier molecular flexibility index (Phi) is 3.14. The molecule has 3 saturated carbocycles. The van der Waals surface area contributed by atoms with Gasteiger partial charge in [0.15, 0.2) is 0 Å². The molecule has 2 aromatic rings. The van der Waals surface area contributed by atoms with E-state index >= 15 is 0 Å². The van der Waals surface area contributed by atoms with Crippen molar-refractivity contribution in [2.75, 3.05) is 25.5 Å². The first-order valence-corrected chi connectivity index (χ1v) is 10.7. The van der Waals surface area contributed by atoms with Gasteiger partial charge in [0.2, 0.25) is 0 Å². The van der Waals surface area contributed by atoms with Crippen LogP contribution in [0.15, 0.2) is 18.5 Å². The Balaban J connectivity index is 1.28. The summed E-state index contributed by atoms with van der Waals surface area (Å²) in [5.74, 6) is 2.25. The van der Waals surface area contributed by atoms with E-state index in [1.54, 1.807) is 0 Å². The number of piperidine rings is 1. The second-order valence-corrected chi connectivity index (χ2v) is 9.49. The van der Waals surface area contributed by atoms with Gasteiger partial charge in [0.25, 0.3) is 0 Å². The molecule has 1 unspecified atom stereocenters. The van der Waals surface area contributed by atoms with Crippen LogP contribution in [0.3, 0.4) is 0 Å². The van der Waals surface area contributed by atoms with Gasteiger partial charge in [-0.1, -0.05) is 6.42 Å². The fourth-order valence-electron chi connectivity index (χ4n) is 6.20. The van der Waals surface area contributed by atoms with Crippen molar-refractivity contribution >= 4 is 5.82 Å². The van der Waals surface area contributed by atoms with Gasteiger partial charge in [-0.15, -0.1) is 0 Å². The van der Waals surface area contributed by atoms with Gasteiger partial charge in [-0.2, -0.15) is 13.2 Å². The minimum absolute atomic E-state index is 0.111. The third-order valence-corrected chi connectivity index (χ3v) is 8.15. The molecule has 6 nitrogen and oxygen atoms in total. The van der Waals surface area contributed by atoms with Crippen LogP contribution in [0.25, 0.3) is 11.3 Å². The third kappa shape index (κ3) is 2.03. The number of halogens is 3. The average Bonchev–Trinajstić information content (AvgIpc) is 3.17. The number of alkyl halides is 3. The highest BCUT2D eigenvalue weighted by Gasteiger charge is 2.94. The molecule has 2 N–H and O–H groups in total. The highest BCUT2D eigenvalue weighted by Crippen LogP contribution is 2.84. The monoisotopic (exact) mass is 417 g/mol. The first kappa shape index (κ1) is 17.5. The highest BCUT2D eigenvalue weighted by atomic mass is 19.4. The number of nitrogen functional groups attached to an aromatic ring is 1. The quantitative estimate of drug-likeness (QED) is 0.829. The molecular weight excluding hydrogens is 395 g/mol. The highest BCUT2D eigenvalue weighted by molar-refractivity contribution is 5.63. The number of nitrogens with zero attached hydrogens (tertiary/aromatic N) is 4. The first-order chi connectivity index (χ1) is 14.4. The van der Waals surface area contributed by atoms with Gasteiger partial charge in [0.05, 0.1) is 36.1 Å². The number of nitrogens with two attached hydrogens (primary N) is 1. The van der Waals surface area contributed by atoms with E-state index in [0.717, 1.165) is 44.5 Å². The Morgan fingerprint density at radius 3 is 2.63 bits per heavy atom. The van der Waals surface area contributed by atoms with Gasteiger partial charge in [0.1, 0.15) is 11.6 Å². The molecule has 0 spiro atoms. The maximum absolute atomic E-state index is 13.3. The zero-order chi connectivity index (χ0) is 20.4. The predicted molar refractivity (Wildman–Crippen MR) is 102 cm³/mol. The maximum atomic E-state index is 13.3. The zero-order valence-electron chi connectivity index (χ0n) is 16.3. The Bertz CT molecular complexity index is 1050. The molecule has 3 saturated heterocycles. The molecule has 5 heterocycles. The molecular formula is C21H22F3N5O. The van der Waals surface area contributed by atoms with Crippen molar-refractivity contribution in [3.63, 3.8) is 0 Å². The van der Waals surface area contributed by atoms with Crippen molar-refractivity contribution in [1.29, 1.82) is 0 Å². The smallest absolute Gasteiger partial charge is 0.383 e. The van der Waals surface area contributed by atoms with E-state index < -0.39 is 17.6 Å². The van der Waals surface area contributed by atoms with E-state index in [-0.39, 0.29) is 5.54 Å². The fourth-order valence-corrected chi connectivity index (χ4v) is 6.20. The van der Waals surface area contributed by atoms with Gasteiger partial charge >= 0.3 is 6.18 Å². The van der Waals surface area contributed by atoms with E-state index in [1.165, 1.54) is 12.6 Å². The normalized spacial score (nSPS) is 35.1. The Morgan fingerprint density at radius 1 is 1.23 bits per heavy atom. The van der Waals surface area contributed by atoms with Crippen LogP contribution in [-0.4, -0.2) is 51.3 Å². The van der Waals surface area contributed by atoms with E-state index in [4.69, 9.17) is 15.5 Å². The number of hydrogen-bond acceptors (Lipinski definition) is 5. The van der Waals surface area contributed by atoms with Crippen LogP contribution in [0, 0.1) is 11.8 Å². The Labute approximate surface area is 171 Å². The summed E-state index contributed by atoms with van der Waals surface area (Å²) in [6.07, 6.45) is 2.23. The Hall–Kier alpha value is -2.13. The summed E-state index contributed by atoms with van der Waals surface area (Å²) in [5.41, 5.74) is 5.65. The lowest BCUT2D eigenvalue weighted by Gasteiger charge is -2.35. The summed E-state index contributed by atoms with van der Waals surface area (Å²) in [5, 5.41) is 0. The lowest BCUT2D eigenvalue weighted by Crippen LogP contribution is -2.48. The average molecular weight is 417 g/mol. The summed E-state index contributed by atoms with van der Waals surface area (Å²) in [6, 6.07) is 2.14. The molecule has 4 atom stereocenters. The molecule has 0 aromatic carbocycles. The molecule has 3 aliphatic carbocycles. The van der Waals surface area contributed by atoms with Gasteiger partial charge < -0.3 is 15.0 Å². The number of imidazole rings is 1. The van der Waals surface area contributed by atoms with Crippen LogP contribution in [0.2, 0.25) is 0 Å². The van der Waals surface area contributed by atoms with Crippen molar-refractivity contribution in [1.82, 2.24) is 19.4 Å². The SMILES string of the molecule is Nc1ncc(-c2cn([C@]34C5[C@@H]3[C@@H]4CN5C3COC3)c(C3CCC3)n2)cc1C(F)(F)F.